The number of benzene rings is 2. The molecule has 2 N–H and O–H groups in total. The highest BCUT2D eigenvalue weighted by atomic mass is 79.9. The molecule has 2 rings (SSSR count). The van der Waals surface area contributed by atoms with E-state index in [9.17, 15) is 0 Å². The van der Waals surface area contributed by atoms with E-state index >= 15 is 0 Å². The van der Waals surface area contributed by atoms with Crippen LogP contribution in [0.3, 0.4) is 0 Å². The summed E-state index contributed by atoms with van der Waals surface area (Å²) in [7, 11) is 5.21. The van der Waals surface area contributed by atoms with Crippen LogP contribution in [0.1, 0.15) is 5.56 Å². The molecule has 0 bridgehead atoms. The normalized spacial score (nSPS) is 10.3. The molecule has 0 aliphatic rings. The average Bonchev–Trinajstić information content (AvgIpc) is 2.49. The quantitative estimate of drug-likeness (QED) is 0.835. The lowest BCUT2D eigenvalue weighted by molar-refractivity contribution is 0.355. The Bertz CT molecular complexity index is 632. The Morgan fingerprint density at radius 2 is 1.71 bits per heavy atom. The fourth-order valence-electron chi connectivity index (χ4n) is 2.18. The van der Waals surface area contributed by atoms with Gasteiger partial charge in [0.1, 0.15) is 0 Å². The van der Waals surface area contributed by atoms with Crippen LogP contribution in [0.2, 0.25) is 0 Å². The number of anilines is 2. The Labute approximate surface area is 133 Å². The number of nitrogen functional groups attached to an aromatic ring is 1. The fourth-order valence-corrected chi connectivity index (χ4v) is 2.59. The molecule has 2 aromatic carbocycles. The van der Waals surface area contributed by atoms with Gasteiger partial charge in [-0.15, -0.1) is 0 Å². The van der Waals surface area contributed by atoms with E-state index in [0.717, 1.165) is 16.7 Å². The van der Waals surface area contributed by atoms with Crippen LogP contribution in [0.4, 0.5) is 11.4 Å². The molecule has 0 saturated carbocycles. The molecular formula is C16H19BrN2O2. The molecule has 0 atom stereocenters. The minimum Gasteiger partial charge on any atom is -0.493 e. The van der Waals surface area contributed by atoms with E-state index in [0.29, 0.717) is 17.2 Å². The second kappa shape index (κ2) is 6.72. The second-order valence-electron chi connectivity index (χ2n) is 4.71. The summed E-state index contributed by atoms with van der Waals surface area (Å²) in [6.45, 7) is 0.737. The summed E-state index contributed by atoms with van der Waals surface area (Å²) in [5.41, 5.74) is 8.87. The molecule has 0 radical (unpaired) electrons. The molecule has 0 saturated heterocycles. The molecule has 112 valence electrons. The van der Waals surface area contributed by atoms with Crippen LogP contribution in [0, 0.1) is 0 Å². The lowest BCUT2D eigenvalue weighted by Crippen LogP contribution is -2.18. The van der Waals surface area contributed by atoms with Crippen molar-refractivity contribution in [3.8, 4) is 11.5 Å². The molecule has 0 unspecified atom stereocenters. The maximum atomic E-state index is 6.12. The molecule has 21 heavy (non-hydrogen) atoms. The van der Waals surface area contributed by atoms with Crippen molar-refractivity contribution in [3.05, 3.63) is 46.4 Å². The standard InChI is InChI=1S/C16H19BrN2O2/c1-19(10-11-6-4-5-7-12(11)17)14-9-16(21-3)15(20-2)8-13(14)18/h4-9H,10,18H2,1-3H3. The van der Waals surface area contributed by atoms with Crippen molar-refractivity contribution in [1.82, 2.24) is 0 Å². The Balaban J connectivity index is 2.31. The zero-order chi connectivity index (χ0) is 15.4. The van der Waals surface area contributed by atoms with Crippen molar-refractivity contribution < 1.29 is 9.47 Å². The van der Waals surface area contributed by atoms with Gasteiger partial charge in [0.15, 0.2) is 11.5 Å². The van der Waals surface area contributed by atoms with Crippen molar-refractivity contribution in [2.24, 2.45) is 0 Å². The first-order chi connectivity index (χ1) is 10.1. The minimum absolute atomic E-state index is 0.632. The van der Waals surface area contributed by atoms with Crippen molar-refractivity contribution in [2.45, 2.75) is 6.54 Å². The highest BCUT2D eigenvalue weighted by Gasteiger charge is 2.13. The topological polar surface area (TPSA) is 47.7 Å². The zero-order valence-electron chi connectivity index (χ0n) is 12.4. The third-order valence-corrected chi connectivity index (χ3v) is 4.08. The van der Waals surface area contributed by atoms with Gasteiger partial charge < -0.3 is 20.1 Å². The van der Waals surface area contributed by atoms with E-state index in [-0.39, 0.29) is 0 Å². The molecule has 5 heteroatoms. The van der Waals surface area contributed by atoms with Crippen molar-refractivity contribution in [3.63, 3.8) is 0 Å². The minimum atomic E-state index is 0.632. The molecule has 0 aliphatic heterocycles. The second-order valence-corrected chi connectivity index (χ2v) is 5.57. The number of halogens is 1. The van der Waals surface area contributed by atoms with Crippen LogP contribution in [-0.4, -0.2) is 21.3 Å². The number of hydrogen-bond donors (Lipinski definition) is 1. The molecule has 0 spiro atoms. The van der Waals surface area contributed by atoms with E-state index < -0.39 is 0 Å². The first kappa shape index (κ1) is 15.5. The summed E-state index contributed by atoms with van der Waals surface area (Å²) in [5.74, 6) is 1.30. The molecule has 0 fully saturated rings. The molecule has 2 aromatic rings. The number of nitrogens with zero attached hydrogens (tertiary/aromatic N) is 1. The van der Waals surface area contributed by atoms with Gasteiger partial charge in [-0.2, -0.15) is 0 Å². The van der Waals surface area contributed by atoms with E-state index in [1.54, 1.807) is 20.3 Å². The zero-order valence-corrected chi connectivity index (χ0v) is 14.0. The van der Waals surface area contributed by atoms with Crippen LogP contribution in [0.15, 0.2) is 40.9 Å². The molecule has 4 nitrogen and oxygen atoms in total. The molecule has 0 aliphatic carbocycles. The number of ether oxygens (including phenoxy) is 2. The molecule has 0 aromatic heterocycles. The summed E-state index contributed by atoms with van der Waals surface area (Å²) in [6, 6.07) is 11.8. The highest BCUT2D eigenvalue weighted by molar-refractivity contribution is 9.10. The highest BCUT2D eigenvalue weighted by Crippen LogP contribution is 2.37. The van der Waals surface area contributed by atoms with Crippen LogP contribution >= 0.6 is 15.9 Å². The first-order valence-electron chi connectivity index (χ1n) is 6.53. The van der Waals surface area contributed by atoms with Crippen LogP contribution < -0.4 is 20.1 Å². The third kappa shape index (κ3) is 3.42. The lowest BCUT2D eigenvalue weighted by Gasteiger charge is -2.23. The van der Waals surface area contributed by atoms with Crippen molar-refractivity contribution >= 4 is 27.3 Å². The molecular weight excluding hydrogens is 332 g/mol. The Morgan fingerprint density at radius 3 is 2.33 bits per heavy atom. The van der Waals surface area contributed by atoms with Gasteiger partial charge in [-0.3, -0.25) is 0 Å². The van der Waals surface area contributed by atoms with Gasteiger partial charge in [-0.25, -0.2) is 0 Å². The number of hydrogen-bond acceptors (Lipinski definition) is 4. The van der Waals surface area contributed by atoms with Gasteiger partial charge in [0, 0.05) is 30.2 Å². The fraction of sp³-hybridized carbons (Fsp3) is 0.250. The monoisotopic (exact) mass is 350 g/mol. The third-order valence-electron chi connectivity index (χ3n) is 3.31. The van der Waals surface area contributed by atoms with Crippen molar-refractivity contribution in [1.29, 1.82) is 0 Å². The smallest absolute Gasteiger partial charge is 0.162 e. The van der Waals surface area contributed by atoms with Crippen LogP contribution in [-0.2, 0) is 6.54 Å². The molecule has 0 heterocycles. The van der Waals surface area contributed by atoms with Crippen molar-refractivity contribution in [2.75, 3.05) is 31.9 Å². The number of nitrogens with two attached hydrogens (primary N) is 1. The largest absolute Gasteiger partial charge is 0.493 e. The lowest BCUT2D eigenvalue weighted by atomic mass is 10.2. The maximum Gasteiger partial charge on any atom is 0.162 e. The van der Waals surface area contributed by atoms with E-state index in [1.165, 1.54) is 5.56 Å². The van der Waals surface area contributed by atoms with Gasteiger partial charge in [-0.05, 0) is 11.6 Å². The van der Waals surface area contributed by atoms with E-state index in [1.807, 2.05) is 31.3 Å². The SMILES string of the molecule is COc1cc(N)c(N(C)Cc2ccccc2Br)cc1OC. The van der Waals surface area contributed by atoms with Gasteiger partial charge >= 0.3 is 0 Å². The predicted octanol–water partition coefficient (Wildman–Crippen LogP) is 3.68. The number of rotatable bonds is 5. The Hall–Kier alpha value is -1.88. The Morgan fingerprint density at radius 1 is 1.10 bits per heavy atom. The summed E-state index contributed by atoms with van der Waals surface area (Å²) >= 11 is 3.56. The molecule has 0 amide bonds. The van der Waals surface area contributed by atoms with Gasteiger partial charge in [0.05, 0.1) is 25.6 Å². The first-order valence-corrected chi connectivity index (χ1v) is 7.32. The van der Waals surface area contributed by atoms with E-state index in [4.69, 9.17) is 15.2 Å². The number of methoxy groups -OCH3 is 2. The summed E-state index contributed by atoms with van der Waals surface area (Å²) in [6.07, 6.45) is 0. The summed E-state index contributed by atoms with van der Waals surface area (Å²) < 4.78 is 11.7. The average molecular weight is 351 g/mol. The van der Waals surface area contributed by atoms with Gasteiger partial charge in [-0.1, -0.05) is 34.1 Å². The summed E-state index contributed by atoms with van der Waals surface area (Å²) in [5, 5.41) is 0. The van der Waals surface area contributed by atoms with Gasteiger partial charge in [0.25, 0.3) is 0 Å². The van der Waals surface area contributed by atoms with E-state index in [2.05, 4.69) is 26.9 Å². The van der Waals surface area contributed by atoms with Crippen LogP contribution in [0.25, 0.3) is 0 Å². The van der Waals surface area contributed by atoms with Crippen LogP contribution in [0.5, 0.6) is 11.5 Å². The maximum absolute atomic E-state index is 6.12. The Kier molecular flexibility index (Phi) is 4.96. The summed E-state index contributed by atoms with van der Waals surface area (Å²) in [4.78, 5) is 2.08. The predicted molar refractivity (Wildman–Crippen MR) is 90.2 cm³/mol. The van der Waals surface area contributed by atoms with Gasteiger partial charge in [0.2, 0.25) is 0 Å².